The van der Waals surface area contributed by atoms with Crippen LogP contribution in [0.5, 0.6) is 0 Å². The van der Waals surface area contributed by atoms with Gasteiger partial charge >= 0.3 is 0 Å². The Morgan fingerprint density at radius 2 is 2.00 bits per heavy atom. The maximum absolute atomic E-state index is 3.74. The molecule has 0 radical (unpaired) electrons. The lowest BCUT2D eigenvalue weighted by Crippen LogP contribution is -2.38. The Labute approximate surface area is 96.9 Å². The van der Waals surface area contributed by atoms with Crippen LogP contribution in [0.1, 0.15) is 47.9 Å². The quantitative estimate of drug-likeness (QED) is 0.822. The molecule has 1 aromatic rings. The van der Waals surface area contributed by atoms with Gasteiger partial charge in [-0.25, -0.2) is 0 Å². The molecule has 2 rings (SSSR count). The van der Waals surface area contributed by atoms with Gasteiger partial charge in [0.05, 0.1) is 0 Å². The zero-order valence-corrected chi connectivity index (χ0v) is 10.8. The van der Waals surface area contributed by atoms with Crippen LogP contribution in [0.15, 0.2) is 6.07 Å². The summed E-state index contributed by atoms with van der Waals surface area (Å²) in [6, 6.07) is 2.32. The Kier molecular flexibility index (Phi) is 3.17. The van der Waals surface area contributed by atoms with Gasteiger partial charge in [0.15, 0.2) is 0 Å². The summed E-state index contributed by atoms with van der Waals surface area (Å²) in [5.74, 6) is 0. The van der Waals surface area contributed by atoms with E-state index in [0.29, 0.717) is 5.54 Å². The van der Waals surface area contributed by atoms with E-state index in [9.17, 15) is 0 Å². The van der Waals surface area contributed by atoms with Gasteiger partial charge in [-0.15, -0.1) is 11.3 Å². The van der Waals surface area contributed by atoms with Crippen molar-refractivity contribution in [1.29, 1.82) is 0 Å². The predicted molar refractivity (Wildman–Crippen MR) is 67.5 cm³/mol. The van der Waals surface area contributed by atoms with Gasteiger partial charge in [-0.05, 0) is 45.2 Å². The molecule has 0 saturated heterocycles. The van der Waals surface area contributed by atoms with E-state index in [4.69, 9.17) is 0 Å². The van der Waals surface area contributed by atoms with Crippen molar-refractivity contribution in [3.8, 4) is 0 Å². The molecular formula is C13H21NS. The third-order valence-electron chi connectivity index (χ3n) is 3.56. The van der Waals surface area contributed by atoms with E-state index in [0.717, 1.165) is 6.54 Å². The smallest absolute Gasteiger partial charge is 0.0221 e. The van der Waals surface area contributed by atoms with Gasteiger partial charge in [-0.1, -0.05) is 12.8 Å². The Morgan fingerprint density at radius 1 is 1.33 bits per heavy atom. The van der Waals surface area contributed by atoms with Gasteiger partial charge in [-0.3, -0.25) is 0 Å². The molecule has 1 fully saturated rings. The first kappa shape index (κ1) is 11.2. The van der Waals surface area contributed by atoms with Crippen molar-refractivity contribution in [3.05, 3.63) is 21.4 Å². The number of hydrogen-bond donors (Lipinski definition) is 1. The van der Waals surface area contributed by atoms with Crippen LogP contribution in [-0.2, 0) is 6.54 Å². The molecule has 1 aliphatic carbocycles. The van der Waals surface area contributed by atoms with Crippen molar-refractivity contribution in [3.63, 3.8) is 0 Å². The lowest BCUT2D eigenvalue weighted by molar-refractivity contribution is 0.362. The van der Waals surface area contributed by atoms with Crippen molar-refractivity contribution in [2.45, 2.75) is 58.5 Å². The summed E-state index contributed by atoms with van der Waals surface area (Å²) >= 11 is 1.91. The molecule has 0 aromatic carbocycles. The molecule has 1 aliphatic rings. The summed E-state index contributed by atoms with van der Waals surface area (Å²) in [4.78, 5) is 2.91. The van der Waals surface area contributed by atoms with Gasteiger partial charge in [0.25, 0.3) is 0 Å². The Balaban J connectivity index is 1.95. The molecule has 0 aliphatic heterocycles. The van der Waals surface area contributed by atoms with Crippen LogP contribution in [0, 0.1) is 13.8 Å². The summed E-state index contributed by atoms with van der Waals surface area (Å²) in [5, 5.41) is 3.74. The second kappa shape index (κ2) is 4.26. The van der Waals surface area contributed by atoms with Crippen molar-refractivity contribution < 1.29 is 0 Å². The monoisotopic (exact) mass is 223 g/mol. The molecule has 1 N–H and O–H groups in total. The first-order valence-electron chi connectivity index (χ1n) is 5.90. The SMILES string of the molecule is Cc1cc(CNC2(C)CCCC2)c(C)s1. The lowest BCUT2D eigenvalue weighted by Gasteiger charge is -2.25. The highest BCUT2D eigenvalue weighted by Gasteiger charge is 2.27. The van der Waals surface area contributed by atoms with Gasteiger partial charge in [0.2, 0.25) is 0 Å². The van der Waals surface area contributed by atoms with Crippen LogP contribution in [-0.4, -0.2) is 5.54 Å². The summed E-state index contributed by atoms with van der Waals surface area (Å²) in [7, 11) is 0. The standard InChI is InChI=1S/C13H21NS/c1-10-8-12(11(2)15-10)9-14-13(3)6-4-5-7-13/h8,14H,4-7,9H2,1-3H3. The maximum Gasteiger partial charge on any atom is 0.0221 e. The van der Waals surface area contributed by atoms with Crippen LogP contribution in [0.3, 0.4) is 0 Å². The molecule has 1 heterocycles. The Bertz CT molecular complexity index is 334. The van der Waals surface area contributed by atoms with E-state index >= 15 is 0 Å². The summed E-state index contributed by atoms with van der Waals surface area (Å²) in [5.41, 5.74) is 1.90. The molecule has 0 unspecified atom stereocenters. The Morgan fingerprint density at radius 3 is 2.53 bits per heavy atom. The summed E-state index contributed by atoms with van der Waals surface area (Å²) in [6.45, 7) is 7.84. The highest BCUT2D eigenvalue weighted by atomic mass is 32.1. The second-order valence-corrected chi connectivity index (χ2v) is 6.52. The molecule has 0 spiro atoms. The van der Waals surface area contributed by atoms with Gasteiger partial charge < -0.3 is 5.32 Å². The third-order valence-corrected chi connectivity index (χ3v) is 4.56. The maximum atomic E-state index is 3.74. The third kappa shape index (κ3) is 2.61. The minimum Gasteiger partial charge on any atom is -0.307 e. The van der Waals surface area contributed by atoms with Crippen molar-refractivity contribution in [1.82, 2.24) is 5.32 Å². The van der Waals surface area contributed by atoms with E-state index in [1.807, 2.05) is 11.3 Å². The van der Waals surface area contributed by atoms with Gasteiger partial charge in [-0.2, -0.15) is 0 Å². The molecule has 1 aromatic heterocycles. The fraction of sp³-hybridized carbons (Fsp3) is 0.692. The highest BCUT2D eigenvalue weighted by Crippen LogP contribution is 2.30. The van der Waals surface area contributed by atoms with Gasteiger partial charge in [0.1, 0.15) is 0 Å². The molecule has 15 heavy (non-hydrogen) atoms. The number of nitrogens with one attached hydrogen (secondary N) is 1. The van der Waals surface area contributed by atoms with E-state index in [1.165, 1.54) is 41.0 Å². The first-order valence-corrected chi connectivity index (χ1v) is 6.72. The zero-order valence-electron chi connectivity index (χ0n) is 10.0. The minimum absolute atomic E-state index is 0.405. The second-order valence-electron chi connectivity index (χ2n) is 5.06. The predicted octanol–water partition coefficient (Wildman–Crippen LogP) is 3.79. The molecular weight excluding hydrogens is 202 g/mol. The minimum atomic E-state index is 0.405. The van der Waals surface area contributed by atoms with E-state index in [1.54, 1.807) is 0 Å². The molecule has 0 amide bonds. The zero-order chi connectivity index (χ0) is 10.9. The highest BCUT2D eigenvalue weighted by molar-refractivity contribution is 7.12. The number of aryl methyl sites for hydroxylation is 2. The fourth-order valence-electron chi connectivity index (χ4n) is 2.50. The van der Waals surface area contributed by atoms with Crippen molar-refractivity contribution in [2.75, 3.05) is 0 Å². The van der Waals surface area contributed by atoms with E-state index < -0.39 is 0 Å². The number of hydrogen-bond acceptors (Lipinski definition) is 2. The topological polar surface area (TPSA) is 12.0 Å². The molecule has 0 bridgehead atoms. The number of thiophene rings is 1. The fourth-order valence-corrected chi connectivity index (χ4v) is 3.45. The van der Waals surface area contributed by atoms with E-state index in [-0.39, 0.29) is 0 Å². The van der Waals surface area contributed by atoms with Crippen LogP contribution >= 0.6 is 11.3 Å². The van der Waals surface area contributed by atoms with Crippen LogP contribution in [0.2, 0.25) is 0 Å². The molecule has 0 atom stereocenters. The average Bonchev–Trinajstić information content (AvgIpc) is 2.71. The Hall–Kier alpha value is -0.340. The molecule has 1 nitrogen and oxygen atoms in total. The normalized spacial score (nSPS) is 19.7. The van der Waals surface area contributed by atoms with Crippen molar-refractivity contribution >= 4 is 11.3 Å². The van der Waals surface area contributed by atoms with Crippen LogP contribution in [0.25, 0.3) is 0 Å². The molecule has 2 heteroatoms. The number of rotatable bonds is 3. The van der Waals surface area contributed by atoms with Crippen LogP contribution in [0.4, 0.5) is 0 Å². The van der Waals surface area contributed by atoms with Crippen LogP contribution < -0.4 is 5.32 Å². The van der Waals surface area contributed by atoms with Crippen molar-refractivity contribution in [2.24, 2.45) is 0 Å². The van der Waals surface area contributed by atoms with Gasteiger partial charge in [0, 0.05) is 21.8 Å². The lowest BCUT2D eigenvalue weighted by atomic mass is 10.0. The summed E-state index contributed by atoms with van der Waals surface area (Å²) < 4.78 is 0. The average molecular weight is 223 g/mol. The largest absolute Gasteiger partial charge is 0.307 e. The molecule has 84 valence electrons. The summed E-state index contributed by atoms with van der Waals surface area (Å²) in [6.07, 6.45) is 5.47. The van der Waals surface area contributed by atoms with E-state index in [2.05, 4.69) is 32.2 Å². The first-order chi connectivity index (χ1) is 7.09. The molecule has 1 saturated carbocycles.